The molecule has 0 radical (unpaired) electrons. The number of hydrogen-bond acceptors (Lipinski definition) is 7. The van der Waals surface area contributed by atoms with E-state index in [1.54, 1.807) is 60.9 Å². The van der Waals surface area contributed by atoms with Gasteiger partial charge < -0.3 is 21.7 Å². The van der Waals surface area contributed by atoms with Crippen LogP contribution in [0.4, 0.5) is 5.69 Å². The van der Waals surface area contributed by atoms with E-state index in [1.807, 2.05) is 12.1 Å². The normalized spacial score (nSPS) is 10.6. The van der Waals surface area contributed by atoms with Crippen LogP contribution in [0.15, 0.2) is 73.1 Å². The molecule has 1 aromatic heterocycles. The first-order chi connectivity index (χ1) is 18.5. The van der Waals surface area contributed by atoms with Crippen molar-refractivity contribution < 1.29 is 19.6 Å². The van der Waals surface area contributed by atoms with Crippen molar-refractivity contribution in [2.24, 2.45) is 5.73 Å². The third-order valence-corrected chi connectivity index (χ3v) is 5.12. The van der Waals surface area contributed by atoms with Gasteiger partial charge in [0.15, 0.2) is 0 Å². The highest BCUT2D eigenvalue weighted by Crippen LogP contribution is 2.08. The van der Waals surface area contributed by atoms with Crippen molar-refractivity contribution in [1.29, 1.82) is 0 Å². The summed E-state index contributed by atoms with van der Waals surface area (Å²) >= 11 is 0. The molecule has 0 unspecified atom stereocenters. The number of nitrogens with one attached hydrogen (secondary N) is 4. The van der Waals surface area contributed by atoms with Gasteiger partial charge in [0.25, 0.3) is 11.8 Å². The smallest absolute Gasteiger partial charge is 0.267 e. The van der Waals surface area contributed by atoms with Crippen LogP contribution in [-0.4, -0.2) is 47.0 Å². The van der Waals surface area contributed by atoms with Crippen LogP contribution in [0.1, 0.15) is 27.0 Å². The first kappa shape index (κ1) is 27.6. The first-order valence-electron chi connectivity index (χ1n) is 11.5. The Morgan fingerprint density at radius 2 is 1.50 bits per heavy atom. The van der Waals surface area contributed by atoms with Crippen LogP contribution >= 0.6 is 0 Å². The topological polar surface area (TPSA) is 158 Å². The van der Waals surface area contributed by atoms with Crippen molar-refractivity contribution in [3.63, 3.8) is 0 Å². The van der Waals surface area contributed by atoms with Crippen molar-refractivity contribution in [2.75, 3.05) is 18.4 Å². The Bertz CT molecular complexity index is 1370. The molecule has 3 rings (SSSR count). The fourth-order valence-corrected chi connectivity index (χ4v) is 3.13. The molecule has 0 fully saturated rings. The Hall–Kier alpha value is -5.00. The highest BCUT2D eigenvalue weighted by Gasteiger charge is 2.19. The van der Waals surface area contributed by atoms with Crippen LogP contribution in [-0.2, 0) is 16.1 Å². The Morgan fingerprint density at radius 3 is 2.08 bits per heavy atom. The summed E-state index contributed by atoms with van der Waals surface area (Å²) in [6.07, 6.45) is 3.41. The minimum atomic E-state index is -1.05. The van der Waals surface area contributed by atoms with Crippen molar-refractivity contribution in [3.8, 4) is 23.7 Å². The molecule has 0 saturated heterocycles. The molecule has 38 heavy (non-hydrogen) atoms. The number of hydroxylamine groups is 1. The molecule has 10 heteroatoms. The first-order valence-corrected chi connectivity index (χ1v) is 11.5. The van der Waals surface area contributed by atoms with Crippen LogP contribution in [0.25, 0.3) is 0 Å². The Morgan fingerprint density at radius 1 is 0.895 bits per heavy atom. The Kier molecular flexibility index (Phi) is 10.5. The summed E-state index contributed by atoms with van der Waals surface area (Å²) < 4.78 is 0. The third-order valence-electron chi connectivity index (χ3n) is 5.12. The van der Waals surface area contributed by atoms with Gasteiger partial charge in [0.2, 0.25) is 5.91 Å². The Labute approximate surface area is 220 Å². The molecule has 1 atom stereocenters. The predicted molar refractivity (Wildman–Crippen MR) is 141 cm³/mol. The monoisotopic (exact) mass is 510 g/mol. The lowest BCUT2D eigenvalue weighted by Gasteiger charge is -2.14. The fourth-order valence-electron chi connectivity index (χ4n) is 3.13. The molecular formula is C28H26N6O4. The second kappa shape index (κ2) is 14.5. The highest BCUT2D eigenvalue weighted by molar-refractivity contribution is 5.97. The maximum absolute atomic E-state index is 12.2. The standard InChI is InChI=1S/C28H26N6O4/c29-17-25(28(37)34-38)33-27(36)23-9-5-20(6-10-23)3-1-2-4-21-7-11-24(12-8-21)32-26(35)19-31-18-22-13-15-30-16-14-22/h5-16,25,31,38H,17-19,29H2,(H,32,35)(H,33,36)(H,34,37)/t25-/m0/s1. The summed E-state index contributed by atoms with van der Waals surface area (Å²) in [7, 11) is 0. The van der Waals surface area contributed by atoms with Gasteiger partial charge in [0, 0.05) is 47.9 Å². The molecule has 0 bridgehead atoms. The van der Waals surface area contributed by atoms with Crippen LogP contribution in [0, 0.1) is 23.7 Å². The van der Waals surface area contributed by atoms with Crippen LogP contribution in [0.5, 0.6) is 0 Å². The maximum atomic E-state index is 12.2. The van der Waals surface area contributed by atoms with E-state index >= 15 is 0 Å². The van der Waals surface area contributed by atoms with Crippen molar-refractivity contribution in [2.45, 2.75) is 12.6 Å². The quantitative estimate of drug-likeness (QED) is 0.141. The average Bonchev–Trinajstić information content (AvgIpc) is 2.95. The summed E-state index contributed by atoms with van der Waals surface area (Å²) in [6.45, 7) is 0.592. The second-order valence-electron chi connectivity index (χ2n) is 7.90. The number of nitrogens with two attached hydrogens (primary N) is 1. The van der Waals surface area contributed by atoms with E-state index in [9.17, 15) is 14.4 Å². The number of aromatic nitrogens is 1. The van der Waals surface area contributed by atoms with Crippen LogP contribution < -0.4 is 27.2 Å². The van der Waals surface area contributed by atoms with Crippen molar-refractivity contribution in [1.82, 2.24) is 21.1 Å². The number of amides is 3. The predicted octanol–water partition coefficient (Wildman–Crippen LogP) is 0.776. The van der Waals surface area contributed by atoms with E-state index in [2.05, 4.69) is 44.6 Å². The second-order valence-corrected chi connectivity index (χ2v) is 7.90. The molecule has 0 aliphatic carbocycles. The van der Waals surface area contributed by atoms with E-state index < -0.39 is 17.9 Å². The molecular weight excluding hydrogens is 484 g/mol. The van der Waals surface area contributed by atoms with E-state index in [0.717, 1.165) is 11.1 Å². The number of nitrogens with zero attached hydrogens (tertiary/aromatic N) is 1. The van der Waals surface area contributed by atoms with Gasteiger partial charge in [-0.2, -0.15) is 0 Å². The number of anilines is 1. The van der Waals surface area contributed by atoms with Gasteiger partial charge in [-0.1, -0.05) is 11.8 Å². The molecule has 3 amide bonds. The number of rotatable bonds is 9. The maximum Gasteiger partial charge on any atom is 0.267 e. The van der Waals surface area contributed by atoms with Crippen LogP contribution in [0.2, 0.25) is 0 Å². The summed E-state index contributed by atoms with van der Waals surface area (Å²) in [5.74, 6) is 9.89. The molecule has 1 heterocycles. The molecule has 2 aromatic carbocycles. The molecule has 0 aliphatic rings. The number of hydrogen-bond donors (Lipinski definition) is 6. The van der Waals surface area contributed by atoms with Crippen LogP contribution in [0.3, 0.4) is 0 Å². The lowest BCUT2D eigenvalue weighted by atomic mass is 10.1. The average molecular weight is 511 g/mol. The van der Waals surface area contributed by atoms with Crippen molar-refractivity contribution >= 4 is 23.4 Å². The summed E-state index contributed by atoms with van der Waals surface area (Å²) in [5.41, 5.74) is 10.3. The molecule has 10 nitrogen and oxygen atoms in total. The van der Waals surface area contributed by atoms with Gasteiger partial charge in [-0.3, -0.25) is 24.6 Å². The SMILES string of the molecule is NC[C@H](NC(=O)c1ccc(C#CC#Cc2ccc(NC(=O)CNCc3ccncc3)cc2)cc1)C(=O)NO. The largest absolute Gasteiger partial charge is 0.339 e. The van der Waals surface area contributed by atoms with Gasteiger partial charge in [0.05, 0.1) is 6.54 Å². The van der Waals surface area contributed by atoms with Crippen molar-refractivity contribution in [3.05, 3.63) is 95.3 Å². The zero-order valence-corrected chi connectivity index (χ0v) is 20.3. The molecule has 0 spiro atoms. The van der Waals surface area contributed by atoms with E-state index in [1.165, 1.54) is 5.48 Å². The molecule has 192 valence electrons. The minimum Gasteiger partial charge on any atom is -0.339 e. The van der Waals surface area contributed by atoms with Gasteiger partial charge >= 0.3 is 0 Å². The number of carbonyl (C=O) groups excluding carboxylic acids is 3. The molecule has 3 aromatic rings. The minimum absolute atomic E-state index is 0.151. The van der Waals surface area contributed by atoms with Gasteiger partial charge in [-0.25, -0.2) is 5.48 Å². The zero-order valence-electron chi connectivity index (χ0n) is 20.3. The van der Waals surface area contributed by atoms with E-state index in [4.69, 9.17) is 10.9 Å². The number of pyridine rings is 1. The summed E-state index contributed by atoms with van der Waals surface area (Å²) in [6, 6.07) is 16.2. The molecule has 0 aliphatic heterocycles. The summed E-state index contributed by atoms with van der Waals surface area (Å²) in [5, 5.41) is 17.0. The lowest BCUT2D eigenvalue weighted by Crippen LogP contribution is -2.50. The lowest BCUT2D eigenvalue weighted by molar-refractivity contribution is -0.130. The fraction of sp³-hybridized carbons (Fsp3) is 0.143. The van der Waals surface area contributed by atoms with Gasteiger partial charge in [-0.15, -0.1) is 0 Å². The van der Waals surface area contributed by atoms with E-state index in [0.29, 0.717) is 23.4 Å². The number of benzene rings is 2. The Balaban J connectivity index is 1.47. The van der Waals surface area contributed by atoms with E-state index in [-0.39, 0.29) is 19.0 Å². The summed E-state index contributed by atoms with van der Waals surface area (Å²) in [4.78, 5) is 39.7. The third kappa shape index (κ3) is 8.90. The molecule has 7 N–H and O–H groups in total. The van der Waals surface area contributed by atoms with Gasteiger partial charge in [0.1, 0.15) is 6.04 Å². The highest BCUT2D eigenvalue weighted by atomic mass is 16.5. The number of carbonyl (C=O) groups is 3. The molecule has 0 saturated carbocycles. The van der Waals surface area contributed by atoms with Gasteiger partial charge in [-0.05, 0) is 78.1 Å². The zero-order chi connectivity index (χ0) is 27.2.